The lowest BCUT2D eigenvalue weighted by molar-refractivity contribution is -0.138. The maximum atomic E-state index is 12.7. The number of benzene rings is 3. The zero-order valence-corrected chi connectivity index (χ0v) is 24.9. The Morgan fingerprint density at radius 2 is 1.53 bits per heavy atom. The van der Waals surface area contributed by atoms with Gasteiger partial charge in [-0.05, 0) is 73.2 Å². The molecule has 0 aliphatic heterocycles. The van der Waals surface area contributed by atoms with Crippen molar-refractivity contribution in [3.8, 4) is 11.5 Å². The van der Waals surface area contributed by atoms with Crippen LogP contribution in [0, 0.1) is 13.8 Å². The molecular formula is C34H34ClNO7. The van der Waals surface area contributed by atoms with E-state index in [-0.39, 0.29) is 25.2 Å². The number of carboxylic acids is 2. The summed E-state index contributed by atoms with van der Waals surface area (Å²) in [6, 6.07) is 16.8. The minimum Gasteiger partial charge on any atom is -0.494 e. The number of hydrogen-bond acceptors (Lipinski definition) is 5. The Morgan fingerprint density at radius 1 is 0.860 bits per heavy atom. The van der Waals surface area contributed by atoms with Gasteiger partial charge in [0, 0.05) is 28.6 Å². The molecule has 4 rings (SSSR count). The van der Waals surface area contributed by atoms with Crippen LogP contribution in [0.2, 0.25) is 5.02 Å². The second kappa shape index (κ2) is 14.6. The summed E-state index contributed by atoms with van der Waals surface area (Å²) in [5, 5.41) is 19.7. The largest absolute Gasteiger partial charge is 0.494 e. The molecule has 8 nitrogen and oxygen atoms in total. The van der Waals surface area contributed by atoms with E-state index in [4.69, 9.17) is 26.2 Å². The van der Waals surface area contributed by atoms with Gasteiger partial charge >= 0.3 is 11.9 Å². The van der Waals surface area contributed by atoms with Crippen molar-refractivity contribution in [1.82, 2.24) is 4.57 Å². The molecule has 3 aromatic carbocycles. The zero-order chi connectivity index (χ0) is 30.9. The van der Waals surface area contributed by atoms with E-state index < -0.39 is 11.9 Å². The number of rotatable bonds is 15. The Balaban J connectivity index is 1.36. The third-order valence-corrected chi connectivity index (χ3v) is 7.13. The van der Waals surface area contributed by atoms with Crippen LogP contribution in [-0.2, 0) is 16.1 Å². The molecule has 0 aliphatic rings. The molecule has 0 radical (unpaired) electrons. The van der Waals surface area contributed by atoms with Gasteiger partial charge in [-0.25, -0.2) is 0 Å². The molecule has 1 heterocycles. The Morgan fingerprint density at radius 3 is 2.19 bits per heavy atom. The van der Waals surface area contributed by atoms with E-state index >= 15 is 0 Å². The van der Waals surface area contributed by atoms with Crippen LogP contribution < -0.4 is 9.47 Å². The minimum atomic E-state index is -1.06. The lowest BCUT2D eigenvalue weighted by Crippen LogP contribution is -2.08. The predicted octanol–water partition coefficient (Wildman–Crippen LogP) is 7.45. The summed E-state index contributed by atoms with van der Waals surface area (Å²) in [6.45, 7) is 4.80. The molecule has 0 bridgehead atoms. The number of aryl methyl sites for hydroxylation is 2. The first-order chi connectivity index (χ1) is 20.6. The SMILES string of the molecule is Cc1cc(Cl)cc(C)c1OCCCCOc1ccc(/C=C/c2cccc3c(C(=O)CCC(=O)O)cn(CC(=O)O)c23)cc1. The first kappa shape index (κ1) is 31.4. The van der Waals surface area contributed by atoms with Gasteiger partial charge in [0.2, 0.25) is 0 Å². The van der Waals surface area contributed by atoms with Crippen molar-refractivity contribution < 1.29 is 34.1 Å². The van der Waals surface area contributed by atoms with Gasteiger partial charge in [-0.1, -0.05) is 54.1 Å². The van der Waals surface area contributed by atoms with Crippen molar-refractivity contribution in [1.29, 1.82) is 0 Å². The molecule has 1 aromatic heterocycles. The van der Waals surface area contributed by atoms with Crippen molar-refractivity contribution in [2.45, 2.75) is 46.1 Å². The molecule has 2 N–H and O–H groups in total. The molecular weight excluding hydrogens is 570 g/mol. The number of para-hydroxylation sites is 1. The van der Waals surface area contributed by atoms with Crippen molar-refractivity contribution in [3.63, 3.8) is 0 Å². The molecule has 9 heteroatoms. The summed E-state index contributed by atoms with van der Waals surface area (Å²) in [6.07, 6.45) is 6.51. The van der Waals surface area contributed by atoms with Crippen molar-refractivity contribution in [3.05, 3.63) is 93.6 Å². The van der Waals surface area contributed by atoms with Crippen molar-refractivity contribution in [2.24, 2.45) is 0 Å². The number of carboxylic acid groups (broad SMARTS) is 2. The van der Waals surface area contributed by atoms with E-state index in [0.717, 1.165) is 46.6 Å². The molecule has 0 saturated carbocycles. The van der Waals surface area contributed by atoms with Crippen LogP contribution in [0.15, 0.2) is 60.8 Å². The fraction of sp³-hybridized carbons (Fsp3) is 0.265. The van der Waals surface area contributed by atoms with Gasteiger partial charge in [0.25, 0.3) is 0 Å². The van der Waals surface area contributed by atoms with E-state index in [9.17, 15) is 19.5 Å². The van der Waals surface area contributed by atoms with Crippen molar-refractivity contribution >= 4 is 52.4 Å². The number of aromatic nitrogens is 1. The molecule has 0 saturated heterocycles. The molecule has 0 atom stereocenters. The van der Waals surface area contributed by atoms with Gasteiger partial charge in [-0.3, -0.25) is 14.4 Å². The number of unbranched alkanes of at least 4 members (excludes halogenated alkanes) is 1. The lowest BCUT2D eigenvalue weighted by Gasteiger charge is -2.13. The topological polar surface area (TPSA) is 115 Å². The summed E-state index contributed by atoms with van der Waals surface area (Å²) in [5.74, 6) is -0.815. The van der Waals surface area contributed by atoms with Gasteiger partial charge in [-0.15, -0.1) is 0 Å². The number of carbonyl (C=O) groups is 3. The molecule has 0 fully saturated rings. The highest BCUT2D eigenvalue weighted by Crippen LogP contribution is 2.29. The van der Waals surface area contributed by atoms with E-state index in [1.165, 1.54) is 10.8 Å². The lowest BCUT2D eigenvalue weighted by atomic mass is 10.0. The number of nitrogens with zero attached hydrogens (tertiary/aromatic N) is 1. The van der Waals surface area contributed by atoms with Crippen LogP contribution in [0.4, 0.5) is 0 Å². The molecule has 43 heavy (non-hydrogen) atoms. The summed E-state index contributed by atoms with van der Waals surface area (Å²) in [7, 11) is 0. The molecule has 224 valence electrons. The number of Topliss-reactive ketones (excluding diaryl/α,β-unsaturated/α-hetero) is 1. The Kier molecular flexibility index (Phi) is 10.6. The molecule has 4 aromatic rings. The predicted molar refractivity (Wildman–Crippen MR) is 167 cm³/mol. The average molecular weight is 604 g/mol. The third-order valence-electron chi connectivity index (χ3n) is 6.92. The fourth-order valence-corrected chi connectivity index (χ4v) is 5.25. The highest BCUT2D eigenvalue weighted by atomic mass is 35.5. The zero-order valence-electron chi connectivity index (χ0n) is 24.1. The highest BCUT2D eigenvalue weighted by molar-refractivity contribution is 6.30. The smallest absolute Gasteiger partial charge is 0.323 e. The summed E-state index contributed by atoms with van der Waals surface area (Å²) < 4.78 is 13.4. The Hall–Kier alpha value is -4.56. The highest BCUT2D eigenvalue weighted by Gasteiger charge is 2.18. The number of ketones is 1. The monoisotopic (exact) mass is 603 g/mol. The second-order valence-corrected chi connectivity index (χ2v) is 10.7. The van der Waals surface area contributed by atoms with Gasteiger partial charge in [0.1, 0.15) is 18.0 Å². The molecule has 0 aliphatic carbocycles. The van der Waals surface area contributed by atoms with Crippen LogP contribution in [0.1, 0.15) is 58.3 Å². The second-order valence-electron chi connectivity index (χ2n) is 10.3. The average Bonchev–Trinajstić information content (AvgIpc) is 3.32. The van der Waals surface area contributed by atoms with E-state index in [1.807, 2.05) is 68.5 Å². The van der Waals surface area contributed by atoms with Crippen LogP contribution in [-0.4, -0.2) is 45.7 Å². The summed E-state index contributed by atoms with van der Waals surface area (Å²) >= 11 is 6.09. The minimum absolute atomic E-state index is 0.160. The van der Waals surface area contributed by atoms with Crippen LogP contribution in [0.3, 0.4) is 0 Å². The number of fused-ring (bicyclic) bond motifs is 1. The number of hydrogen-bond donors (Lipinski definition) is 2. The van der Waals surface area contributed by atoms with Gasteiger partial charge in [-0.2, -0.15) is 0 Å². The van der Waals surface area contributed by atoms with E-state index in [2.05, 4.69) is 0 Å². The maximum Gasteiger partial charge on any atom is 0.323 e. The quantitative estimate of drug-likeness (QED) is 0.0823. The molecule has 0 unspecified atom stereocenters. The first-order valence-electron chi connectivity index (χ1n) is 14.0. The Labute approximate surface area is 255 Å². The van der Waals surface area contributed by atoms with Gasteiger partial charge < -0.3 is 24.3 Å². The maximum absolute atomic E-state index is 12.7. The normalized spacial score (nSPS) is 11.2. The van der Waals surface area contributed by atoms with E-state index in [0.29, 0.717) is 34.7 Å². The Bertz CT molecular complexity index is 1630. The van der Waals surface area contributed by atoms with Crippen LogP contribution in [0.25, 0.3) is 23.1 Å². The van der Waals surface area contributed by atoms with Crippen LogP contribution in [0.5, 0.6) is 11.5 Å². The van der Waals surface area contributed by atoms with Crippen LogP contribution >= 0.6 is 11.6 Å². The fourth-order valence-electron chi connectivity index (χ4n) is 4.93. The van der Waals surface area contributed by atoms with E-state index in [1.54, 1.807) is 12.1 Å². The number of aliphatic carboxylic acids is 2. The summed E-state index contributed by atoms with van der Waals surface area (Å²) in [4.78, 5) is 35.2. The molecule has 0 amide bonds. The number of halogens is 1. The van der Waals surface area contributed by atoms with Gasteiger partial charge in [0.15, 0.2) is 5.78 Å². The molecule has 0 spiro atoms. The van der Waals surface area contributed by atoms with Gasteiger partial charge in [0.05, 0.1) is 25.2 Å². The number of ether oxygens (including phenoxy) is 2. The van der Waals surface area contributed by atoms with Crippen molar-refractivity contribution in [2.75, 3.05) is 13.2 Å². The number of carbonyl (C=O) groups excluding carboxylic acids is 1. The standard InChI is InChI=1S/C34H34ClNO7/c1-22-18-26(35)19-23(2)34(22)43-17-4-3-16-42-27-12-9-24(10-13-27)8-11-25-6-5-7-28-29(30(37)14-15-31(38)39)20-36(33(25)28)21-32(40)41/h5-13,18-20H,3-4,14-17,21H2,1-2H3,(H,38,39)(H,40,41)/b11-8+. The first-order valence-corrected chi connectivity index (χ1v) is 14.4. The third kappa shape index (κ3) is 8.49. The summed E-state index contributed by atoms with van der Waals surface area (Å²) in [5.41, 5.74) is 4.62.